The second-order valence-corrected chi connectivity index (χ2v) is 5.61. The number of rotatable bonds is 6. The molecule has 0 amide bonds. The lowest BCUT2D eigenvalue weighted by Gasteiger charge is -2.26. The van der Waals surface area contributed by atoms with Crippen LogP contribution in [0, 0.1) is 13.8 Å². The largest absolute Gasteiger partial charge is 0.379 e. The lowest BCUT2D eigenvalue weighted by molar-refractivity contribution is 0.0370. The van der Waals surface area contributed by atoms with E-state index in [1.54, 1.807) is 0 Å². The van der Waals surface area contributed by atoms with Gasteiger partial charge in [0.15, 0.2) is 5.78 Å². The highest BCUT2D eigenvalue weighted by Gasteiger charge is 2.19. The normalized spacial score (nSPS) is 16.6. The van der Waals surface area contributed by atoms with E-state index in [0.29, 0.717) is 6.42 Å². The number of aromatic amines is 1. The number of carbonyl (C=O) groups is 1. The Labute approximate surface area is 121 Å². The van der Waals surface area contributed by atoms with E-state index in [0.717, 1.165) is 62.6 Å². The molecular formula is C16H26N2O2. The Morgan fingerprint density at radius 3 is 2.60 bits per heavy atom. The summed E-state index contributed by atoms with van der Waals surface area (Å²) in [4.78, 5) is 18.2. The van der Waals surface area contributed by atoms with Gasteiger partial charge in [0.2, 0.25) is 0 Å². The Balaban J connectivity index is 2.01. The highest BCUT2D eigenvalue weighted by molar-refractivity contribution is 5.99. The van der Waals surface area contributed by atoms with Crippen molar-refractivity contribution in [1.29, 1.82) is 0 Å². The summed E-state index contributed by atoms with van der Waals surface area (Å²) in [5, 5.41) is 0. The van der Waals surface area contributed by atoms with Crippen LogP contribution in [0.25, 0.3) is 0 Å². The second kappa shape index (κ2) is 7.04. The van der Waals surface area contributed by atoms with E-state index in [4.69, 9.17) is 4.74 Å². The first-order valence-electron chi connectivity index (χ1n) is 7.64. The number of aromatic nitrogens is 1. The molecule has 1 aliphatic heterocycles. The maximum absolute atomic E-state index is 12.5. The molecule has 2 rings (SSSR count). The number of Topliss-reactive ketones (excluding diaryl/α,β-unsaturated/α-hetero) is 1. The predicted octanol–water partition coefficient (Wildman–Crippen LogP) is 2.49. The number of morpholine rings is 1. The van der Waals surface area contributed by atoms with E-state index in [-0.39, 0.29) is 5.78 Å². The highest BCUT2D eigenvalue weighted by Crippen LogP contribution is 2.21. The minimum atomic E-state index is 0.279. The van der Waals surface area contributed by atoms with Gasteiger partial charge in [-0.15, -0.1) is 0 Å². The van der Waals surface area contributed by atoms with Crippen LogP contribution in [0.1, 0.15) is 47.1 Å². The Bertz CT molecular complexity index is 459. The monoisotopic (exact) mass is 278 g/mol. The standard InChI is InChI=1S/C16H26N2O2/c1-4-5-14-12(2)17-13(3)16(14)15(19)6-7-18-8-10-20-11-9-18/h17H,4-11H2,1-3H3. The van der Waals surface area contributed by atoms with Crippen molar-refractivity contribution in [2.45, 2.75) is 40.0 Å². The molecule has 0 unspecified atom stereocenters. The first-order valence-corrected chi connectivity index (χ1v) is 7.64. The van der Waals surface area contributed by atoms with Gasteiger partial charge in [0.05, 0.1) is 13.2 Å². The zero-order valence-corrected chi connectivity index (χ0v) is 12.9. The molecule has 0 radical (unpaired) electrons. The van der Waals surface area contributed by atoms with Crippen molar-refractivity contribution in [2.75, 3.05) is 32.8 Å². The molecule has 0 saturated carbocycles. The molecule has 1 aromatic heterocycles. The zero-order valence-electron chi connectivity index (χ0n) is 12.9. The van der Waals surface area contributed by atoms with Crippen LogP contribution in [-0.4, -0.2) is 48.5 Å². The second-order valence-electron chi connectivity index (χ2n) is 5.61. The number of ketones is 1. The van der Waals surface area contributed by atoms with Gasteiger partial charge in [-0.1, -0.05) is 13.3 Å². The topological polar surface area (TPSA) is 45.3 Å². The Hall–Kier alpha value is -1.13. The van der Waals surface area contributed by atoms with Crippen molar-refractivity contribution in [2.24, 2.45) is 0 Å². The molecule has 0 bridgehead atoms. The number of ether oxygens (including phenoxy) is 1. The molecule has 1 fully saturated rings. The Morgan fingerprint density at radius 1 is 1.25 bits per heavy atom. The van der Waals surface area contributed by atoms with Crippen LogP contribution in [0.15, 0.2) is 0 Å². The lowest BCUT2D eigenvalue weighted by atomic mass is 9.99. The van der Waals surface area contributed by atoms with Crippen molar-refractivity contribution >= 4 is 5.78 Å². The van der Waals surface area contributed by atoms with Gasteiger partial charge in [0.25, 0.3) is 0 Å². The van der Waals surface area contributed by atoms with Crippen LogP contribution >= 0.6 is 0 Å². The third kappa shape index (κ3) is 3.49. The van der Waals surface area contributed by atoms with Gasteiger partial charge < -0.3 is 9.72 Å². The molecule has 2 heterocycles. The molecule has 4 heteroatoms. The molecule has 20 heavy (non-hydrogen) atoms. The Morgan fingerprint density at radius 2 is 1.95 bits per heavy atom. The fourth-order valence-corrected chi connectivity index (χ4v) is 2.98. The molecular weight excluding hydrogens is 252 g/mol. The fourth-order valence-electron chi connectivity index (χ4n) is 2.98. The summed E-state index contributed by atoms with van der Waals surface area (Å²) in [6.45, 7) is 10.5. The molecule has 1 aromatic rings. The minimum absolute atomic E-state index is 0.279. The molecule has 4 nitrogen and oxygen atoms in total. The number of nitrogens with one attached hydrogen (secondary N) is 1. The SMILES string of the molecule is CCCc1c(C)[nH]c(C)c1C(=O)CCN1CCOCC1. The summed E-state index contributed by atoms with van der Waals surface area (Å²) in [7, 11) is 0. The number of nitrogens with zero attached hydrogens (tertiary/aromatic N) is 1. The summed E-state index contributed by atoms with van der Waals surface area (Å²) >= 11 is 0. The van der Waals surface area contributed by atoms with Gasteiger partial charge in [0, 0.05) is 43.0 Å². The van der Waals surface area contributed by atoms with E-state index in [1.165, 1.54) is 5.56 Å². The van der Waals surface area contributed by atoms with Crippen LogP contribution in [0.5, 0.6) is 0 Å². The minimum Gasteiger partial charge on any atom is -0.379 e. The summed E-state index contributed by atoms with van der Waals surface area (Å²) in [6, 6.07) is 0. The number of hydrogen-bond acceptors (Lipinski definition) is 3. The summed E-state index contributed by atoms with van der Waals surface area (Å²) < 4.78 is 5.33. The van der Waals surface area contributed by atoms with Crippen molar-refractivity contribution in [3.05, 3.63) is 22.5 Å². The van der Waals surface area contributed by atoms with E-state index < -0.39 is 0 Å². The smallest absolute Gasteiger partial charge is 0.166 e. The maximum atomic E-state index is 12.5. The molecule has 0 atom stereocenters. The van der Waals surface area contributed by atoms with Gasteiger partial charge >= 0.3 is 0 Å². The summed E-state index contributed by atoms with van der Waals surface area (Å²) in [6.07, 6.45) is 2.66. The third-order valence-corrected chi connectivity index (χ3v) is 4.04. The number of hydrogen-bond donors (Lipinski definition) is 1. The molecule has 1 aliphatic rings. The number of H-pyrrole nitrogens is 1. The highest BCUT2D eigenvalue weighted by atomic mass is 16.5. The summed E-state index contributed by atoms with van der Waals surface area (Å²) in [5.74, 6) is 0.279. The first-order chi connectivity index (χ1) is 9.63. The van der Waals surface area contributed by atoms with Crippen LogP contribution in [0.2, 0.25) is 0 Å². The molecule has 1 N–H and O–H groups in total. The average molecular weight is 278 g/mol. The third-order valence-electron chi connectivity index (χ3n) is 4.04. The van der Waals surface area contributed by atoms with Gasteiger partial charge in [0.1, 0.15) is 0 Å². The van der Waals surface area contributed by atoms with Gasteiger partial charge in [-0.3, -0.25) is 9.69 Å². The summed E-state index contributed by atoms with van der Waals surface area (Å²) in [5.41, 5.74) is 4.34. The van der Waals surface area contributed by atoms with E-state index in [2.05, 4.69) is 23.7 Å². The van der Waals surface area contributed by atoms with Crippen LogP contribution in [0.3, 0.4) is 0 Å². The van der Waals surface area contributed by atoms with Crippen molar-refractivity contribution in [3.8, 4) is 0 Å². The van der Waals surface area contributed by atoms with Crippen molar-refractivity contribution in [3.63, 3.8) is 0 Å². The van der Waals surface area contributed by atoms with Crippen LogP contribution < -0.4 is 0 Å². The van der Waals surface area contributed by atoms with Crippen molar-refractivity contribution in [1.82, 2.24) is 9.88 Å². The van der Waals surface area contributed by atoms with Gasteiger partial charge in [-0.05, 0) is 25.8 Å². The molecule has 0 aromatic carbocycles. The van der Waals surface area contributed by atoms with Crippen molar-refractivity contribution < 1.29 is 9.53 Å². The molecule has 0 spiro atoms. The quantitative estimate of drug-likeness (QED) is 0.813. The number of carbonyl (C=O) groups excluding carboxylic acids is 1. The molecule has 1 saturated heterocycles. The van der Waals surface area contributed by atoms with E-state index in [9.17, 15) is 4.79 Å². The lowest BCUT2D eigenvalue weighted by Crippen LogP contribution is -2.37. The van der Waals surface area contributed by atoms with Gasteiger partial charge in [-0.2, -0.15) is 0 Å². The van der Waals surface area contributed by atoms with Gasteiger partial charge in [-0.25, -0.2) is 0 Å². The average Bonchev–Trinajstić information content (AvgIpc) is 2.72. The maximum Gasteiger partial charge on any atom is 0.166 e. The van der Waals surface area contributed by atoms with E-state index >= 15 is 0 Å². The van der Waals surface area contributed by atoms with Crippen LogP contribution in [-0.2, 0) is 11.2 Å². The van der Waals surface area contributed by atoms with E-state index in [1.807, 2.05) is 6.92 Å². The Kier molecular flexibility index (Phi) is 5.38. The predicted molar refractivity (Wildman–Crippen MR) is 80.5 cm³/mol. The van der Waals surface area contributed by atoms with Crippen LogP contribution in [0.4, 0.5) is 0 Å². The number of aryl methyl sites for hydroxylation is 2. The molecule has 112 valence electrons. The fraction of sp³-hybridized carbons (Fsp3) is 0.688. The molecule has 0 aliphatic carbocycles. The zero-order chi connectivity index (χ0) is 14.5. The first kappa shape index (κ1) is 15.3.